The van der Waals surface area contributed by atoms with Crippen LogP contribution in [0.5, 0.6) is 0 Å². The molecular formula is C11H7F4N3O2S. The number of alkyl halides is 3. The van der Waals surface area contributed by atoms with Gasteiger partial charge in [-0.3, -0.25) is 10.1 Å². The maximum Gasteiger partial charge on any atom is 0.417 e. The average Bonchev–Trinajstić information content (AvgIpc) is 2.76. The van der Waals surface area contributed by atoms with E-state index < -0.39 is 33.9 Å². The summed E-state index contributed by atoms with van der Waals surface area (Å²) < 4.78 is 56.4. The molecule has 1 N–H and O–H groups in total. The standard InChI is InChI=1S/C11H7F4N3O2S/c1-4-17-18-10(20-4)16-9(19)5-2-3-6(11(13,14)15)8(21)7(5)12/h2-3,21H,1H3,(H,16,18,19). The SMILES string of the molecule is Cc1nnc(NC(=O)c2ccc(C(F)(F)F)c(S)c2F)o1. The van der Waals surface area contributed by atoms with Crippen LogP contribution in [-0.2, 0) is 6.18 Å². The second kappa shape index (κ2) is 5.35. The molecule has 0 aliphatic heterocycles. The largest absolute Gasteiger partial charge is 0.417 e. The van der Waals surface area contributed by atoms with Crippen molar-refractivity contribution in [2.45, 2.75) is 18.0 Å². The van der Waals surface area contributed by atoms with Gasteiger partial charge in [0.1, 0.15) is 5.82 Å². The van der Waals surface area contributed by atoms with Gasteiger partial charge in [0.15, 0.2) is 0 Å². The summed E-state index contributed by atoms with van der Waals surface area (Å²) in [5, 5.41) is 8.95. The van der Waals surface area contributed by atoms with Gasteiger partial charge in [-0.05, 0) is 12.1 Å². The quantitative estimate of drug-likeness (QED) is 0.659. The third-order valence-corrected chi connectivity index (χ3v) is 2.85. The molecule has 2 rings (SSSR count). The molecule has 0 unspecified atom stereocenters. The number of carbonyl (C=O) groups is 1. The Kier molecular flexibility index (Phi) is 3.90. The van der Waals surface area contributed by atoms with E-state index in [9.17, 15) is 22.4 Å². The van der Waals surface area contributed by atoms with Gasteiger partial charge in [-0.25, -0.2) is 4.39 Å². The van der Waals surface area contributed by atoms with Gasteiger partial charge in [0, 0.05) is 6.92 Å². The first-order valence-electron chi connectivity index (χ1n) is 5.40. The Labute approximate surface area is 120 Å². The Morgan fingerprint density at radius 3 is 2.52 bits per heavy atom. The minimum atomic E-state index is -4.77. The van der Waals surface area contributed by atoms with E-state index in [1.165, 1.54) is 6.92 Å². The number of nitrogens with zero attached hydrogens (tertiary/aromatic N) is 2. The topological polar surface area (TPSA) is 68.0 Å². The highest BCUT2D eigenvalue weighted by atomic mass is 32.1. The van der Waals surface area contributed by atoms with Crippen LogP contribution in [0.25, 0.3) is 0 Å². The second-order valence-electron chi connectivity index (χ2n) is 3.90. The van der Waals surface area contributed by atoms with E-state index in [0.29, 0.717) is 12.1 Å². The molecule has 5 nitrogen and oxygen atoms in total. The zero-order valence-corrected chi connectivity index (χ0v) is 11.2. The molecule has 1 aromatic heterocycles. The maximum atomic E-state index is 13.8. The van der Waals surface area contributed by atoms with Crippen molar-refractivity contribution < 1.29 is 26.8 Å². The van der Waals surface area contributed by atoms with Gasteiger partial charge in [-0.2, -0.15) is 13.2 Å². The summed E-state index contributed by atoms with van der Waals surface area (Å²) in [7, 11) is 0. The smallest absolute Gasteiger partial charge is 0.408 e. The van der Waals surface area contributed by atoms with Crippen LogP contribution in [0.4, 0.5) is 23.6 Å². The molecule has 1 heterocycles. The van der Waals surface area contributed by atoms with Crippen molar-refractivity contribution in [3.8, 4) is 0 Å². The fourth-order valence-corrected chi connectivity index (χ4v) is 1.80. The predicted molar refractivity (Wildman–Crippen MR) is 65.6 cm³/mol. The molecular weight excluding hydrogens is 314 g/mol. The van der Waals surface area contributed by atoms with Gasteiger partial charge in [0.25, 0.3) is 5.91 Å². The molecule has 0 aliphatic rings. The molecule has 21 heavy (non-hydrogen) atoms. The molecule has 0 radical (unpaired) electrons. The van der Waals surface area contributed by atoms with Gasteiger partial charge in [0.05, 0.1) is 16.0 Å². The summed E-state index contributed by atoms with van der Waals surface area (Å²) in [5.41, 5.74) is -1.89. The number of aromatic nitrogens is 2. The normalized spacial score (nSPS) is 11.5. The molecule has 0 aliphatic carbocycles. The molecule has 0 saturated carbocycles. The third-order valence-electron chi connectivity index (χ3n) is 2.41. The van der Waals surface area contributed by atoms with Crippen molar-refractivity contribution in [3.63, 3.8) is 0 Å². The van der Waals surface area contributed by atoms with Crippen molar-refractivity contribution in [1.29, 1.82) is 0 Å². The van der Waals surface area contributed by atoms with Gasteiger partial charge >= 0.3 is 12.2 Å². The Morgan fingerprint density at radius 1 is 1.33 bits per heavy atom. The van der Waals surface area contributed by atoms with Crippen molar-refractivity contribution in [3.05, 3.63) is 35.0 Å². The molecule has 0 bridgehead atoms. The summed E-state index contributed by atoms with van der Waals surface area (Å²) in [5.74, 6) is -2.25. The highest BCUT2D eigenvalue weighted by Crippen LogP contribution is 2.35. The van der Waals surface area contributed by atoms with Crippen molar-refractivity contribution >= 4 is 24.6 Å². The molecule has 1 amide bonds. The number of amides is 1. The van der Waals surface area contributed by atoms with Crippen LogP contribution in [0.1, 0.15) is 21.8 Å². The van der Waals surface area contributed by atoms with E-state index in [-0.39, 0.29) is 11.9 Å². The number of thiol groups is 1. The lowest BCUT2D eigenvalue weighted by Crippen LogP contribution is -2.16. The predicted octanol–water partition coefficient (Wildman–Crippen LogP) is 3.08. The maximum absolute atomic E-state index is 13.8. The minimum Gasteiger partial charge on any atom is -0.408 e. The number of rotatable bonds is 2. The lowest BCUT2D eigenvalue weighted by Gasteiger charge is -2.12. The zero-order valence-electron chi connectivity index (χ0n) is 10.3. The third kappa shape index (κ3) is 3.15. The summed E-state index contributed by atoms with van der Waals surface area (Å²) in [6.45, 7) is 1.47. The fraction of sp³-hybridized carbons (Fsp3) is 0.182. The molecule has 0 spiro atoms. The monoisotopic (exact) mass is 321 g/mol. The van der Waals surface area contributed by atoms with E-state index in [1.807, 2.05) is 0 Å². The van der Waals surface area contributed by atoms with Crippen LogP contribution in [0.2, 0.25) is 0 Å². The highest BCUT2D eigenvalue weighted by molar-refractivity contribution is 7.80. The zero-order chi connectivity index (χ0) is 15.8. The number of hydrogen-bond donors (Lipinski definition) is 2. The van der Waals surface area contributed by atoms with Crippen LogP contribution >= 0.6 is 12.6 Å². The number of hydrogen-bond acceptors (Lipinski definition) is 5. The first-order valence-corrected chi connectivity index (χ1v) is 5.85. The number of carbonyl (C=O) groups excluding carboxylic acids is 1. The van der Waals surface area contributed by atoms with Gasteiger partial charge < -0.3 is 4.42 Å². The number of halogens is 4. The summed E-state index contributed by atoms with van der Waals surface area (Å²) in [6, 6.07) is 0.980. The van der Waals surface area contributed by atoms with Crippen LogP contribution in [-0.4, -0.2) is 16.1 Å². The molecule has 112 valence electrons. The van der Waals surface area contributed by atoms with Crippen molar-refractivity contribution in [1.82, 2.24) is 10.2 Å². The Hall–Kier alpha value is -2.10. The summed E-state index contributed by atoms with van der Waals surface area (Å²) in [6.07, 6.45) is -4.77. The van der Waals surface area contributed by atoms with Gasteiger partial charge in [-0.1, -0.05) is 5.10 Å². The summed E-state index contributed by atoms with van der Waals surface area (Å²) >= 11 is 3.47. The fourth-order valence-electron chi connectivity index (χ4n) is 1.48. The number of aryl methyl sites for hydroxylation is 1. The number of anilines is 1. The molecule has 10 heteroatoms. The van der Waals surface area contributed by atoms with Crippen molar-refractivity contribution in [2.24, 2.45) is 0 Å². The van der Waals surface area contributed by atoms with Crippen LogP contribution in [0, 0.1) is 12.7 Å². The van der Waals surface area contributed by atoms with E-state index in [2.05, 4.69) is 28.1 Å². The molecule has 0 fully saturated rings. The van der Waals surface area contributed by atoms with Crippen LogP contribution < -0.4 is 5.32 Å². The molecule has 2 aromatic rings. The van der Waals surface area contributed by atoms with Gasteiger partial charge in [0.2, 0.25) is 5.89 Å². The van der Waals surface area contributed by atoms with E-state index in [4.69, 9.17) is 4.42 Å². The molecule has 1 aromatic carbocycles. The first kappa shape index (κ1) is 15.3. The lowest BCUT2D eigenvalue weighted by molar-refractivity contribution is -0.140. The molecule has 0 saturated heterocycles. The molecule has 0 atom stereocenters. The first-order chi connectivity index (χ1) is 9.70. The summed E-state index contributed by atoms with van der Waals surface area (Å²) in [4.78, 5) is 10.8. The minimum absolute atomic E-state index is 0.160. The van der Waals surface area contributed by atoms with Gasteiger partial charge in [-0.15, -0.1) is 17.7 Å². The Balaban J connectivity index is 2.32. The Morgan fingerprint density at radius 2 is 2.00 bits per heavy atom. The van der Waals surface area contributed by atoms with Crippen LogP contribution in [0.15, 0.2) is 21.4 Å². The number of nitrogens with one attached hydrogen (secondary N) is 1. The van der Waals surface area contributed by atoms with E-state index >= 15 is 0 Å². The average molecular weight is 321 g/mol. The van der Waals surface area contributed by atoms with E-state index in [1.54, 1.807) is 0 Å². The number of benzene rings is 1. The highest BCUT2D eigenvalue weighted by Gasteiger charge is 2.35. The second-order valence-corrected chi connectivity index (χ2v) is 4.35. The Bertz CT molecular complexity index is 699. The van der Waals surface area contributed by atoms with Crippen LogP contribution in [0.3, 0.4) is 0 Å². The van der Waals surface area contributed by atoms with E-state index in [0.717, 1.165) is 0 Å². The lowest BCUT2D eigenvalue weighted by atomic mass is 10.1. The van der Waals surface area contributed by atoms with Crippen molar-refractivity contribution in [2.75, 3.05) is 5.32 Å².